The molecule has 0 aromatic heterocycles. The summed E-state index contributed by atoms with van der Waals surface area (Å²) in [6.07, 6.45) is 15.4. The summed E-state index contributed by atoms with van der Waals surface area (Å²) in [6, 6.07) is 9.43. The van der Waals surface area contributed by atoms with Gasteiger partial charge in [0.2, 0.25) is 0 Å². The fourth-order valence-corrected chi connectivity index (χ4v) is 4.66. The number of nitriles is 1. The third kappa shape index (κ3) is 11.0. The van der Waals surface area contributed by atoms with Crippen LogP contribution in [0.3, 0.4) is 0 Å². The Morgan fingerprint density at radius 1 is 0.893 bits per heavy atom. The molecule has 0 amide bonds. The maximum Gasteiger partial charge on any atom is 0.162 e. The molecule has 0 heterocycles. The van der Waals surface area contributed by atoms with E-state index in [1.165, 1.54) is 57.8 Å². The zero-order valence-electron chi connectivity index (χ0n) is 17.9. The molecule has 0 aliphatic carbocycles. The van der Waals surface area contributed by atoms with E-state index >= 15 is 0 Å². The largest absolute Gasteiger partial charge is 0.374 e. The Kier molecular flexibility index (Phi) is 13.1. The van der Waals surface area contributed by atoms with Crippen LogP contribution < -0.4 is 0 Å². The van der Waals surface area contributed by atoms with E-state index in [-0.39, 0.29) is 5.75 Å². The summed E-state index contributed by atoms with van der Waals surface area (Å²) in [4.78, 5) is 0.675. The van der Waals surface area contributed by atoms with E-state index in [0.29, 0.717) is 11.3 Å². The van der Waals surface area contributed by atoms with Crippen LogP contribution in [0.1, 0.15) is 96.0 Å². The molecule has 4 heteroatoms. The average Bonchev–Trinajstić information content (AvgIpc) is 2.69. The second-order valence-corrected chi connectivity index (χ2v) is 9.54. The number of aryl methyl sites for hydroxylation is 1. The molecule has 1 rings (SSSR count). The van der Waals surface area contributed by atoms with Crippen LogP contribution >= 0.6 is 0 Å². The van der Waals surface area contributed by atoms with E-state index < -0.39 is 16.4 Å². The van der Waals surface area contributed by atoms with Gasteiger partial charge in [0.25, 0.3) is 0 Å². The molecular formula is C24H39NO2S. The highest BCUT2D eigenvalue weighted by Crippen LogP contribution is 2.20. The Balaban J connectivity index is 2.14. The molecule has 0 aliphatic rings. The number of rotatable bonds is 16. The summed E-state index contributed by atoms with van der Waals surface area (Å²) in [6.45, 7) is 4.23. The van der Waals surface area contributed by atoms with E-state index in [9.17, 15) is 14.6 Å². The summed E-state index contributed by atoms with van der Waals surface area (Å²) in [5.41, 5.74) is -0.387. The quantitative estimate of drug-likeness (QED) is 0.254. The summed E-state index contributed by atoms with van der Waals surface area (Å²) >= 11 is 0. The van der Waals surface area contributed by atoms with Gasteiger partial charge in [-0.1, -0.05) is 95.2 Å². The van der Waals surface area contributed by atoms with Crippen molar-refractivity contribution in [3.63, 3.8) is 0 Å². The highest BCUT2D eigenvalue weighted by atomic mass is 32.2. The maximum atomic E-state index is 12.4. The molecule has 0 fully saturated rings. The monoisotopic (exact) mass is 405 g/mol. The number of aliphatic hydroxyl groups is 1. The van der Waals surface area contributed by atoms with Gasteiger partial charge in [0, 0.05) is 4.90 Å². The molecule has 2 atom stereocenters. The van der Waals surface area contributed by atoms with E-state index in [1.54, 1.807) is 0 Å². The van der Waals surface area contributed by atoms with Gasteiger partial charge in [0.1, 0.15) is 0 Å². The van der Waals surface area contributed by atoms with Crippen LogP contribution in [0.15, 0.2) is 29.2 Å². The summed E-state index contributed by atoms with van der Waals surface area (Å²) in [5, 5.41) is 19.9. The van der Waals surface area contributed by atoms with Crippen molar-refractivity contribution in [2.45, 2.75) is 108 Å². The van der Waals surface area contributed by atoms with Crippen molar-refractivity contribution in [1.29, 1.82) is 5.26 Å². The first kappa shape index (κ1) is 24.9. The Morgan fingerprint density at radius 2 is 1.36 bits per heavy atom. The summed E-state index contributed by atoms with van der Waals surface area (Å²) in [5.74, 6) is -0.00933. The van der Waals surface area contributed by atoms with Gasteiger partial charge < -0.3 is 5.11 Å². The number of nitrogens with zero attached hydrogens (tertiary/aromatic N) is 1. The average molecular weight is 406 g/mol. The normalized spacial score (nSPS) is 14.4. The first-order chi connectivity index (χ1) is 13.5. The maximum absolute atomic E-state index is 12.4. The predicted molar refractivity (Wildman–Crippen MR) is 119 cm³/mol. The lowest BCUT2D eigenvalue weighted by Gasteiger charge is -2.19. The van der Waals surface area contributed by atoms with Gasteiger partial charge in [-0.25, -0.2) is 0 Å². The molecule has 0 bridgehead atoms. The van der Waals surface area contributed by atoms with Gasteiger partial charge >= 0.3 is 0 Å². The van der Waals surface area contributed by atoms with Gasteiger partial charge in [-0.15, -0.1) is 0 Å². The first-order valence-corrected chi connectivity index (χ1v) is 12.4. The number of benzene rings is 1. The molecule has 0 radical (unpaired) electrons. The third-order valence-corrected chi connectivity index (χ3v) is 6.84. The van der Waals surface area contributed by atoms with Crippen molar-refractivity contribution in [3.8, 4) is 6.07 Å². The van der Waals surface area contributed by atoms with Crippen molar-refractivity contribution < 1.29 is 9.32 Å². The molecule has 0 unspecified atom stereocenters. The minimum absolute atomic E-state index is 0.00933. The molecule has 28 heavy (non-hydrogen) atoms. The molecule has 1 aromatic rings. The van der Waals surface area contributed by atoms with Crippen LogP contribution in [0.2, 0.25) is 0 Å². The SMILES string of the molecule is CCCCCCCCCCCCCC[C@](O)(C#N)C[S@@](=O)c1ccc(C)cc1. The van der Waals surface area contributed by atoms with Crippen LogP contribution in [0.5, 0.6) is 0 Å². The summed E-state index contributed by atoms with van der Waals surface area (Å²) in [7, 11) is -1.35. The fraction of sp³-hybridized carbons (Fsp3) is 0.708. The fourth-order valence-electron chi connectivity index (χ4n) is 3.41. The van der Waals surface area contributed by atoms with E-state index in [1.807, 2.05) is 37.3 Å². The molecule has 0 aliphatic heterocycles. The van der Waals surface area contributed by atoms with E-state index in [4.69, 9.17) is 0 Å². The molecule has 1 aromatic carbocycles. The lowest BCUT2D eigenvalue weighted by atomic mass is 9.98. The van der Waals surface area contributed by atoms with Crippen LogP contribution in [-0.2, 0) is 10.8 Å². The number of unbranched alkanes of at least 4 members (excludes halogenated alkanes) is 11. The minimum Gasteiger partial charge on any atom is -0.374 e. The highest BCUT2D eigenvalue weighted by Gasteiger charge is 2.29. The van der Waals surface area contributed by atoms with Crippen LogP contribution in [0.4, 0.5) is 0 Å². The lowest BCUT2D eigenvalue weighted by Crippen LogP contribution is -2.33. The second-order valence-electron chi connectivity index (χ2n) is 8.09. The Labute approximate surface area is 175 Å². The van der Waals surface area contributed by atoms with E-state index in [2.05, 4.69) is 6.92 Å². The van der Waals surface area contributed by atoms with Crippen molar-refractivity contribution in [3.05, 3.63) is 29.8 Å². The lowest BCUT2D eigenvalue weighted by molar-refractivity contribution is 0.110. The molecule has 1 N–H and O–H groups in total. The van der Waals surface area contributed by atoms with Crippen molar-refractivity contribution >= 4 is 10.8 Å². The van der Waals surface area contributed by atoms with Gasteiger partial charge in [-0.3, -0.25) is 4.21 Å². The zero-order chi connectivity index (χ0) is 20.7. The Hall–Kier alpha value is -1.18. The highest BCUT2D eigenvalue weighted by molar-refractivity contribution is 7.85. The van der Waals surface area contributed by atoms with Gasteiger partial charge in [0.15, 0.2) is 5.60 Å². The zero-order valence-corrected chi connectivity index (χ0v) is 18.7. The molecular weight excluding hydrogens is 366 g/mol. The van der Waals surface area contributed by atoms with Crippen LogP contribution in [-0.4, -0.2) is 20.7 Å². The molecule has 0 spiro atoms. The van der Waals surface area contributed by atoms with Gasteiger partial charge in [-0.05, 0) is 31.9 Å². The topological polar surface area (TPSA) is 61.1 Å². The standard InChI is InChI=1S/C24H39NO2S/c1-3-4-5-6-7-8-9-10-11-12-13-14-19-24(26,20-25)21-28(27)23-17-15-22(2)16-18-23/h15-18,26H,3-14,19,21H2,1-2H3/t24-,28+/m0/s1. The molecule has 0 saturated heterocycles. The molecule has 0 saturated carbocycles. The molecule has 158 valence electrons. The molecule has 3 nitrogen and oxygen atoms in total. The number of hydrogen-bond acceptors (Lipinski definition) is 3. The van der Waals surface area contributed by atoms with Crippen LogP contribution in [0, 0.1) is 18.3 Å². The number of hydrogen-bond donors (Lipinski definition) is 1. The van der Waals surface area contributed by atoms with E-state index in [0.717, 1.165) is 24.8 Å². The Morgan fingerprint density at radius 3 is 1.82 bits per heavy atom. The van der Waals surface area contributed by atoms with Crippen molar-refractivity contribution in [2.75, 3.05) is 5.75 Å². The smallest absolute Gasteiger partial charge is 0.162 e. The Bertz CT molecular complexity index is 594. The van der Waals surface area contributed by atoms with Crippen LogP contribution in [0.25, 0.3) is 0 Å². The summed E-state index contributed by atoms with van der Waals surface area (Å²) < 4.78 is 12.4. The van der Waals surface area contributed by atoms with Gasteiger partial charge in [-0.2, -0.15) is 5.26 Å². The van der Waals surface area contributed by atoms with Crippen molar-refractivity contribution in [2.24, 2.45) is 0 Å². The second kappa shape index (κ2) is 14.8. The van der Waals surface area contributed by atoms with Crippen molar-refractivity contribution in [1.82, 2.24) is 0 Å². The first-order valence-electron chi connectivity index (χ1n) is 11.1. The minimum atomic E-state index is -1.49. The predicted octanol–water partition coefficient (Wildman–Crippen LogP) is 6.45. The third-order valence-electron chi connectivity index (χ3n) is 5.31. The van der Waals surface area contributed by atoms with Gasteiger partial charge in [0.05, 0.1) is 22.6 Å².